The molecule has 206 valence electrons. The van der Waals surface area contributed by atoms with Crippen molar-refractivity contribution in [2.45, 2.75) is 58.0 Å². The Balaban J connectivity index is 1.68. The number of benzene rings is 3. The van der Waals surface area contributed by atoms with Gasteiger partial charge >= 0.3 is 6.09 Å². The average molecular weight is 538 g/mol. The third-order valence-electron chi connectivity index (χ3n) is 6.87. The first-order valence-corrected chi connectivity index (χ1v) is 12.9. The number of halogens is 2. The molecule has 0 aliphatic carbocycles. The smallest absolute Gasteiger partial charge is 0.410 e. The highest BCUT2D eigenvalue weighted by Gasteiger charge is 2.52. The van der Waals surface area contributed by atoms with Crippen LogP contribution >= 0.6 is 0 Å². The number of carbonyl (C=O) groups excluding carboxylic acids is 1. The Labute approximate surface area is 227 Å². The molecule has 7 nitrogen and oxygen atoms in total. The zero-order chi connectivity index (χ0) is 28.2. The number of rotatable bonds is 8. The van der Waals surface area contributed by atoms with Gasteiger partial charge in [0.15, 0.2) is 0 Å². The van der Waals surface area contributed by atoms with Crippen molar-refractivity contribution in [1.82, 2.24) is 9.80 Å². The van der Waals surface area contributed by atoms with E-state index in [0.717, 1.165) is 11.1 Å². The maximum atomic E-state index is 14.7. The van der Waals surface area contributed by atoms with Crippen molar-refractivity contribution in [3.63, 3.8) is 0 Å². The van der Waals surface area contributed by atoms with Gasteiger partial charge in [0.1, 0.15) is 17.2 Å². The van der Waals surface area contributed by atoms with Gasteiger partial charge in [-0.25, -0.2) is 18.5 Å². The topological polar surface area (TPSA) is 75.9 Å². The summed E-state index contributed by atoms with van der Waals surface area (Å²) in [5.74, 6) is -1.02. The SMILES string of the molecule is CC(C)(C)OC(=O)N(CCN1Cc2ccc(F)cc2CC1(Cc1ccccc1F)[N+](=O)[O-])Cc1ccccc1. The maximum Gasteiger partial charge on any atom is 0.410 e. The van der Waals surface area contributed by atoms with Crippen molar-refractivity contribution in [3.05, 3.63) is 117 Å². The van der Waals surface area contributed by atoms with Crippen LogP contribution in [0.5, 0.6) is 0 Å². The van der Waals surface area contributed by atoms with E-state index in [9.17, 15) is 23.7 Å². The van der Waals surface area contributed by atoms with E-state index in [1.807, 2.05) is 30.3 Å². The van der Waals surface area contributed by atoms with Crippen molar-refractivity contribution in [2.75, 3.05) is 13.1 Å². The fraction of sp³-hybridized carbons (Fsp3) is 0.367. The molecule has 0 spiro atoms. The van der Waals surface area contributed by atoms with E-state index in [1.165, 1.54) is 35.2 Å². The monoisotopic (exact) mass is 537 g/mol. The van der Waals surface area contributed by atoms with Crippen molar-refractivity contribution >= 4 is 6.09 Å². The fourth-order valence-electron chi connectivity index (χ4n) is 4.94. The first-order chi connectivity index (χ1) is 18.5. The number of amides is 1. The zero-order valence-electron chi connectivity index (χ0n) is 22.4. The summed E-state index contributed by atoms with van der Waals surface area (Å²) in [5.41, 5.74) is -0.103. The van der Waals surface area contributed by atoms with Crippen LogP contribution in [-0.4, -0.2) is 45.2 Å². The molecule has 0 saturated carbocycles. The number of ether oxygens (including phenoxy) is 1. The third kappa shape index (κ3) is 6.78. The molecule has 39 heavy (non-hydrogen) atoms. The summed E-state index contributed by atoms with van der Waals surface area (Å²) in [5, 5.41) is 12.8. The van der Waals surface area contributed by atoms with Gasteiger partial charge in [-0.05, 0) is 61.2 Å². The Kier molecular flexibility index (Phi) is 8.30. The largest absolute Gasteiger partial charge is 0.444 e. The minimum Gasteiger partial charge on any atom is -0.444 e. The van der Waals surface area contributed by atoms with Crippen molar-refractivity contribution in [1.29, 1.82) is 0 Å². The Hall–Kier alpha value is -3.85. The third-order valence-corrected chi connectivity index (χ3v) is 6.87. The molecular formula is C30H33F2N3O4. The minimum absolute atomic E-state index is 0.105. The van der Waals surface area contributed by atoms with Crippen LogP contribution < -0.4 is 0 Å². The van der Waals surface area contributed by atoms with Gasteiger partial charge in [-0.2, -0.15) is 0 Å². The quantitative estimate of drug-likeness (QED) is 0.261. The molecular weight excluding hydrogens is 504 g/mol. The van der Waals surface area contributed by atoms with Gasteiger partial charge in [0.05, 0.1) is 12.8 Å². The van der Waals surface area contributed by atoms with Gasteiger partial charge in [-0.3, -0.25) is 10.1 Å². The van der Waals surface area contributed by atoms with Crippen LogP contribution in [0.4, 0.5) is 13.6 Å². The molecule has 1 atom stereocenters. The highest BCUT2D eigenvalue weighted by molar-refractivity contribution is 5.68. The number of hydrogen-bond donors (Lipinski definition) is 0. The van der Waals surface area contributed by atoms with Crippen molar-refractivity contribution in [3.8, 4) is 0 Å². The molecule has 0 aromatic heterocycles. The van der Waals surface area contributed by atoms with E-state index in [0.29, 0.717) is 5.56 Å². The molecule has 0 radical (unpaired) electrons. The summed E-state index contributed by atoms with van der Waals surface area (Å²) in [6, 6.07) is 19.6. The predicted molar refractivity (Wildman–Crippen MR) is 143 cm³/mol. The van der Waals surface area contributed by atoms with Crippen LogP contribution in [0.25, 0.3) is 0 Å². The summed E-state index contributed by atoms with van der Waals surface area (Å²) in [6.07, 6.45) is -0.855. The van der Waals surface area contributed by atoms with Crippen molar-refractivity contribution in [2.24, 2.45) is 0 Å². The van der Waals surface area contributed by atoms with Crippen LogP contribution in [0, 0.1) is 21.7 Å². The second kappa shape index (κ2) is 11.5. The normalized spacial score (nSPS) is 17.4. The lowest BCUT2D eigenvalue weighted by Crippen LogP contribution is -2.61. The Morgan fingerprint density at radius 3 is 2.41 bits per heavy atom. The molecule has 0 fully saturated rings. The lowest BCUT2D eigenvalue weighted by Gasteiger charge is -2.41. The first-order valence-electron chi connectivity index (χ1n) is 12.9. The summed E-state index contributed by atoms with van der Waals surface area (Å²) in [6.45, 7) is 5.99. The molecule has 0 N–H and O–H groups in total. The van der Waals surface area contributed by atoms with Gasteiger partial charge in [0.2, 0.25) is 0 Å². The van der Waals surface area contributed by atoms with E-state index in [4.69, 9.17) is 4.74 Å². The number of nitro groups is 1. The molecule has 1 unspecified atom stereocenters. The summed E-state index contributed by atoms with van der Waals surface area (Å²) < 4.78 is 34.5. The second-order valence-electron chi connectivity index (χ2n) is 10.9. The van der Waals surface area contributed by atoms with Gasteiger partial charge in [-0.15, -0.1) is 0 Å². The van der Waals surface area contributed by atoms with Crippen LogP contribution in [0.2, 0.25) is 0 Å². The van der Waals surface area contributed by atoms with Gasteiger partial charge in [0, 0.05) is 31.1 Å². The van der Waals surface area contributed by atoms with Crippen molar-refractivity contribution < 1.29 is 23.2 Å². The number of fused-ring (bicyclic) bond motifs is 1. The van der Waals surface area contributed by atoms with E-state index >= 15 is 0 Å². The molecule has 1 amide bonds. The minimum atomic E-state index is -1.74. The van der Waals surface area contributed by atoms with Gasteiger partial charge in [0.25, 0.3) is 5.66 Å². The highest BCUT2D eigenvalue weighted by atomic mass is 19.1. The number of carbonyl (C=O) groups is 1. The lowest BCUT2D eigenvalue weighted by molar-refractivity contribution is -0.604. The molecule has 0 saturated heterocycles. The predicted octanol–water partition coefficient (Wildman–Crippen LogP) is 5.98. The standard InChI is InChI=1S/C30H33F2N3O4/c1-29(2,3)39-28(36)33(20-22-9-5-4-6-10-22)15-16-34-21-24-13-14-26(31)17-25(24)19-30(34,35(37)38)18-23-11-7-8-12-27(23)32/h4-14,17H,15-16,18-21H2,1-3H3. The fourth-order valence-corrected chi connectivity index (χ4v) is 4.94. The lowest BCUT2D eigenvalue weighted by atomic mass is 9.85. The summed E-state index contributed by atoms with van der Waals surface area (Å²) >= 11 is 0. The molecule has 0 bridgehead atoms. The molecule has 3 aromatic carbocycles. The zero-order valence-corrected chi connectivity index (χ0v) is 22.4. The molecule has 9 heteroatoms. The van der Waals surface area contributed by atoms with E-state index in [1.54, 1.807) is 37.8 Å². The Morgan fingerprint density at radius 2 is 1.74 bits per heavy atom. The second-order valence-corrected chi connectivity index (χ2v) is 10.9. The van der Waals surface area contributed by atoms with Crippen LogP contribution in [-0.2, 0) is 30.7 Å². The summed E-state index contributed by atoms with van der Waals surface area (Å²) in [4.78, 5) is 28.8. The average Bonchev–Trinajstić information content (AvgIpc) is 2.87. The molecule has 3 aromatic rings. The van der Waals surface area contributed by atoms with Crippen LogP contribution in [0.15, 0.2) is 72.8 Å². The highest BCUT2D eigenvalue weighted by Crippen LogP contribution is 2.35. The molecule has 1 aliphatic heterocycles. The Bertz CT molecular complexity index is 1330. The van der Waals surface area contributed by atoms with Gasteiger partial charge < -0.3 is 9.64 Å². The number of hydrogen-bond acceptors (Lipinski definition) is 5. The molecule has 1 aliphatic rings. The van der Waals surface area contributed by atoms with Crippen LogP contribution in [0.3, 0.4) is 0 Å². The van der Waals surface area contributed by atoms with E-state index in [-0.39, 0.29) is 44.6 Å². The first kappa shape index (κ1) is 28.2. The number of nitrogens with zero attached hydrogens (tertiary/aromatic N) is 3. The van der Waals surface area contributed by atoms with E-state index < -0.39 is 33.9 Å². The van der Waals surface area contributed by atoms with E-state index in [2.05, 4.69) is 0 Å². The Morgan fingerprint density at radius 1 is 1.05 bits per heavy atom. The van der Waals surface area contributed by atoms with Crippen LogP contribution in [0.1, 0.15) is 43.0 Å². The molecule has 4 rings (SSSR count). The maximum absolute atomic E-state index is 14.7. The van der Waals surface area contributed by atoms with Gasteiger partial charge in [-0.1, -0.05) is 54.6 Å². The molecule has 1 heterocycles. The summed E-state index contributed by atoms with van der Waals surface area (Å²) in [7, 11) is 0.